The highest BCUT2D eigenvalue weighted by atomic mass is 32.1. The van der Waals surface area contributed by atoms with E-state index in [2.05, 4.69) is 126 Å². The molecule has 0 aliphatic rings. The highest BCUT2D eigenvalue weighted by molar-refractivity contribution is 7.27. The minimum Gasteiger partial charge on any atom is -0.276 e. The van der Waals surface area contributed by atoms with Crippen LogP contribution < -0.4 is 0 Å². The van der Waals surface area contributed by atoms with Gasteiger partial charge < -0.3 is 0 Å². The predicted molar refractivity (Wildman–Crippen MR) is 201 cm³/mol. The number of aromatic nitrogens is 4. The molecular weight excluding hydrogens is 605 g/mol. The van der Waals surface area contributed by atoms with Gasteiger partial charge in [0.15, 0.2) is 11.6 Å². The fourth-order valence-corrected chi connectivity index (χ4v) is 8.35. The molecule has 0 bridgehead atoms. The van der Waals surface area contributed by atoms with Crippen LogP contribution >= 0.6 is 11.3 Å². The number of fused-ring (bicyclic) bond motifs is 10. The lowest BCUT2D eigenvalue weighted by Gasteiger charge is -2.12. The third-order valence-corrected chi connectivity index (χ3v) is 10.4. The Balaban J connectivity index is 1.42. The summed E-state index contributed by atoms with van der Waals surface area (Å²) in [5, 5.41) is 7.40. The summed E-state index contributed by atoms with van der Waals surface area (Å²) >= 11 is 1.84. The van der Waals surface area contributed by atoms with E-state index in [9.17, 15) is 0 Å². The Morgan fingerprint density at radius 1 is 0.417 bits per heavy atom. The molecule has 3 heterocycles. The van der Waals surface area contributed by atoms with Gasteiger partial charge in [0.25, 0.3) is 0 Å². The van der Waals surface area contributed by atoms with Crippen molar-refractivity contribution < 1.29 is 0 Å². The standard InChI is InChI=1S/C43H26N4S/c1-4-14-27(15-5-1)30-24-25-33-35(26-30)47(43-45-41(28-16-6-2-7-17-28)44-42(46-43)29-18-8-3-9-19-29)39-37(33)31-20-10-11-21-32(31)38-34-22-12-13-23-36(34)48-40(38)39/h1-26H. The van der Waals surface area contributed by atoms with Gasteiger partial charge in [-0.25, -0.2) is 4.98 Å². The van der Waals surface area contributed by atoms with Crippen LogP contribution in [-0.2, 0) is 0 Å². The van der Waals surface area contributed by atoms with Crippen LogP contribution in [0.3, 0.4) is 0 Å². The third-order valence-electron chi connectivity index (χ3n) is 9.24. The molecule has 5 heteroatoms. The van der Waals surface area contributed by atoms with E-state index in [0.29, 0.717) is 17.6 Å². The average molecular weight is 631 g/mol. The SMILES string of the molecule is c1ccc(-c2ccc3c4c5ccccc5c5c6ccccc6sc5c4n(-c4nc(-c5ccccc5)nc(-c5ccccc5)n4)c3c2)cc1. The summed E-state index contributed by atoms with van der Waals surface area (Å²) in [5.41, 5.74) is 6.38. The van der Waals surface area contributed by atoms with Gasteiger partial charge in [0.1, 0.15) is 0 Å². The maximum Gasteiger partial charge on any atom is 0.238 e. The first-order valence-corrected chi connectivity index (χ1v) is 16.9. The Morgan fingerprint density at radius 2 is 0.958 bits per heavy atom. The molecule has 0 aliphatic heterocycles. The number of rotatable bonds is 4. The number of hydrogen-bond donors (Lipinski definition) is 0. The zero-order valence-corrected chi connectivity index (χ0v) is 26.5. The second-order valence-corrected chi connectivity index (χ2v) is 13.1. The van der Waals surface area contributed by atoms with Crippen molar-refractivity contribution in [1.29, 1.82) is 0 Å². The summed E-state index contributed by atoms with van der Waals surface area (Å²) in [5.74, 6) is 1.88. The fourth-order valence-electron chi connectivity index (χ4n) is 7.09. The van der Waals surface area contributed by atoms with E-state index < -0.39 is 0 Å². The summed E-state index contributed by atoms with van der Waals surface area (Å²) in [6.07, 6.45) is 0. The lowest BCUT2D eigenvalue weighted by atomic mass is 9.98. The Labute approximate surface area is 280 Å². The van der Waals surface area contributed by atoms with Crippen molar-refractivity contribution in [2.45, 2.75) is 0 Å². The molecule has 10 rings (SSSR count). The molecule has 10 aromatic rings. The molecule has 224 valence electrons. The molecule has 4 nitrogen and oxygen atoms in total. The fraction of sp³-hybridized carbons (Fsp3) is 0. The number of nitrogens with zero attached hydrogens (tertiary/aromatic N) is 4. The first kappa shape index (κ1) is 27.0. The van der Waals surface area contributed by atoms with Gasteiger partial charge in [0, 0.05) is 37.4 Å². The molecule has 0 aliphatic carbocycles. The Kier molecular flexibility index (Phi) is 6.01. The second kappa shape index (κ2) is 10.7. The predicted octanol–water partition coefficient (Wildman–Crippen LogP) is 11.5. The Morgan fingerprint density at radius 3 is 1.60 bits per heavy atom. The van der Waals surface area contributed by atoms with Gasteiger partial charge in [-0.1, -0.05) is 146 Å². The molecule has 3 aromatic heterocycles. The Hall–Kier alpha value is -6.17. The number of benzene rings is 7. The minimum atomic E-state index is 0.599. The van der Waals surface area contributed by atoms with Crippen molar-refractivity contribution in [3.05, 3.63) is 158 Å². The maximum absolute atomic E-state index is 5.26. The molecule has 0 spiro atoms. The normalized spacial score (nSPS) is 11.8. The minimum absolute atomic E-state index is 0.599. The average Bonchev–Trinajstić information content (AvgIpc) is 3.72. The smallest absolute Gasteiger partial charge is 0.238 e. The highest BCUT2D eigenvalue weighted by Gasteiger charge is 2.24. The largest absolute Gasteiger partial charge is 0.276 e. The van der Waals surface area contributed by atoms with Crippen LogP contribution in [0.2, 0.25) is 0 Å². The van der Waals surface area contributed by atoms with E-state index in [1.165, 1.54) is 47.3 Å². The number of thiophene rings is 1. The van der Waals surface area contributed by atoms with Crippen LogP contribution in [0.25, 0.3) is 92.6 Å². The van der Waals surface area contributed by atoms with Gasteiger partial charge in [-0.15, -0.1) is 11.3 Å². The van der Waals surface area contributed by atoms with E-state index in [0.717, 1.165) is 27.7 Å². The topological polar surface area (TPSA) is 43.6 Å². The summed E-state index contributed by atoms with van der Waals surface area (Å²) in [6.45, 7) is 0. The molecule has 48 heavy (non-hydrogen) atoms. The van der Waals surface area contributed by atoms with Crippen LogP contribution in [0, 0.1) is 0 Å². The van der Waals surface area contributed by atoms with Crippen LogP contribution in [0.15, 0.2) is 158 Å². The molecule has 0 saturated heterocycles. The van der Waals surface area contributed by atoms with Crippen LogP contribution in [0.4, 0.5) is 0 Å². The first-order chi connectivity index (χ1) is 23.8. The molecule has 0 saturated carbocycles. The molecule has 0 radical (unpaired) electrons. The monoisotopic (exact) mass is 630 g/mol. The molecule has 7 aromatic carbocycles. The highest BCUT2D eigenvalue weighted by Crippen LogP contribution is 2.48. The lowest BCUT2D eigenvalue weighted by Crippen LogP contribution is -2.06. The quantitative estimate of drug-likeness (QED) is 0.194. The summed E-state index contributed by atoms with van der Waals surface area (Å²) in [7, 11) is 0. The molecule has 0 fully saturated rings. The van der Waals surface area contributed by atoms with Gasteiger partial charge >= 0.3 is 0 Å². The molecule has 0 unspecified atom stereocenters. The molecule has 0 N–H and O–H groups in total. The summed E-state index contributed by atoms with van der Waals surface area (Å²) in [4.78, 5) is 15.5. The number of hydrogen-bond acceptors (Lipinski definition) is 4. The summed E-state index contributed by atoms with van der Waals surface area (Å²) in [6, 6.07) is 55.3. The van der Waals surface area contributed by atoms with Gasteiger partial charge in [-0.3, -0.25) is 4.57 Å². The van der Waals surface area contributed by atoms with Gasteiger partial charge in [0.2, 0.25) is 5.95 Å². The van der Waals surface area contributed by atoms with E-state index in [-0.39, 0.29) is 0 Å². The van der Waals surface area contributed by atoms with E-state index in [1.807, 2.05) is 47.7 Å². The van der Waals surface area contributed by atoms with Gasteiger partial charge in [-0.05, 0) is 34.0 Å². The van der Waals surface area contributed by atoms with Crippen LogP contribution in [0.1, 0.15) is 0 Å². The lowest BCUT2D eigenvalue weighted by molar-refractivity contribution is 0.955. The molecule has 0 atom stereocenters. The Bertz CT molecular complexity index is 2760. The summed E-state index contributed by atoms with van der Waals surface area (Å²) < 4.78 is 4.78. The van der Waals surface area contributed by atoms with E-state index in [1.54, 1.807) is 0 Å². The first-order valence-electron chi connectivity index (χ1n) is 16.0. The zero-order chi connectivity index (χ0) is 31.6. The van der Waals surface area contributed by atoms with Crippen molar-refractivity contribution >= 4 is 64.1 Å². The zero-order valence-electron chi connectivity index (χ0n) is 25.7. The van der Waals surface area contributed by atoms with Crippen LogP contribution in [0.5, 0.6) is 0 Å². The van der Waals surface area contributed by atoms with E-state index >= 15 is 0 Å². The van der Waals surface area contributed by atoms with Gasteiger partial charge in [0.05, 0.1) is 15.7 Å². The van der Waals surface area contributed by atoms with Crippen molar-refractivity contribution in [1.82, 2.24) is 19.5 Å². The molecule has 0 amide bonds. The van der Waals surface area contributed by atoms with Crippen LogP contribution in [-0.4, -0.2) is 19.5 Å². The van der Waals surface area contributed by atoms with Crippen molar-refractivity contribution in [2.24, 2.45) is 0 Å². The third kappa shape index (κ3) is 4.11. The van der Waals surface area contributed by atoms with Gasteiger partial charge in [-0.2, -0.15) is 9.97 Å². The maximum atomic E-state index is 5.26. The molecular formula is C43H26N4S. The van der Waals surface area contributed by atoms with Crippen molar-refractivity contribution in [3.8, 4) is 39.9 Å². The van der Waals surface area contributed by atoms with E-state index in [4.69, 9.17) is 15.0 Å². The second-order valence-electron chi connectivity index (χ2n) is 12.0. The van der Waals surface area contributed by atoms with Crippen molar-refractivity contribution in [2.75, 3.05) is 0 Å². The van der Waals surface area contributed by atoms with Crippen molar-refractivity contribution in [3.63, 3.8) is 0 Å².